The molecule has 0 spiro atoms. The van der Waals surface area contributed by atoms with Gasteiger partial charge in [-0.3, -0.25) is 4.79 Å². The molecule has 1 amide bonds. The normalized spacial score (nSPS) is 11.6. The van der Waals surface area contributed by atoms with Crippen LogP contribution in [-0.4, -0.2) is 49.5 Å². The summed E-state index contributed by atoms with van der Waals surface area (Å²) in [5.41, 5.74) is 0.476. The van der Waals surface area contributed by atoms with Gasteiger partial charge in [-0.05, 0) is 34.5 Å². The smallest absolute Gasteiger partial charge is 0.252 e. The number of nitrogens with zero attached hydrogens (tertiary/aromatic N) is 2. The standard InChI is InChI=1S/C12H18BrN3O3S/c1-3-16(20(2,18)19)8-4-7-14-12(17)10-5-6-11(13)15-9-10/h5-6,9H,3-4,7-8H2,1-2H3,(H,14,17). The first-order chi connectivity index (χ1) is 9.34. The van der Waals surface area contributed by atoms with Crippen LogP contribution < -0.4 is 5.32 Å². The molecule has 1 aromatic rings. The Morgan fingerprint density at radius 1 is 1.45 bits per heavy atom. The fourth-order valence-corrected chi connectivity index (χ4v) is 2.79. The van der Waals surface area contributed by atoms with Crippen LogP contribution in [0.1, 0.15) is 23.7 Å². The van der Waals surface area contributed by atoms with Crippen LogP contribution in [0.15, 0.2) is 22.9 Å². The second kappa shape index (κ2) is 7.70. The molecule has 1 heterocycles. The molecule has 8 heteroatoms. The van der Waals surface area contributed by atoms with Crippen LogP contribution in [0.4, 0.5) is 0 Å². The zero-order valence-corrected chi connectivity index (χ0v) is 13.9. The Kier molecular flexibility index (Phi) is 6.57. The number of hydrogen-bond acceptors (Lipinski definition) is 4. The van der Waals surface area contributed by atoms with Gasteiger partial charge >= 0.3 is 0 Å². The van der Waals surface area contributed by atoms with Crippen molar-refractivity contribution < 1.29 is 13.2 Å². The number of rotatable bonds is 7. The summed E-state index contributed by atoms with van der Waals surface area (Å²) in [5, 5.41) is 2.73. The van der Waals surface area contributed by atoms with E-state index >= 15 is 0 Å². The fourth-order valence-electron chi connectivity index (χ4n) is 1.63. The molecule has 1 aromatic heterocycles. The summed E-state index contributed by atoms with van der Waals surface area (Å²) >= 11 is 3.20. The Morgan fingerprint density at radius 2 is 2.15 bits per heavy atom. The first-order valence-corrected chi connectivity index (χ1v) is 8.83. The summed E-state index contributed by atoms with van der Waals surface area (Å²) in [6, 6.07) is 3.36. The lowest BCUT2D eigenvalue weighted by Gasteiger charge is -2.17. The molecular formula is C12H18BrN3O3S. The third kappa shape index (κ3) is 5.56. The van der Waals surface area contributed by atoms with Gasteiger partial charge in [0.15, 0.2) is 0 Å². The molecule has 1 rings (SSSR count). The Morgan fingerprint density at radius 3 is 2.65 bits per heavy atom. The molecular weight excluding hydrogens is 346 g/mol. The number of amides is 1. The summed E-state index contributed by atoms with van der Waals surface area (Å²) in [5.74, 6) is -0.215. The van der Waals surface area contributed by atoms with E-state index < -0.39 is 10.0 Å². The van der Waals surface area contributed by atoms with Gasteiger partial charge in [-0.1, -0.05) is 6.92 Å². The molecule has 0 radical (unpaired) electrons. The van der Waals surface area contributed by atoms with Crippen molar-refractivity contribution in [1.29, 1.82) is 0 Å². The van der Waals surface area contributed by atoms with Crippen molar-refractivity contribution >= 4 is 31.9 Å². The van der Waals surface area contributed by atoms with Crippen molar-refractivity contribution in [2.75, 3.05) is 25.9 Å². The highest BCUT2D eigenvalue weighted by Gasteiger charge is 2.13. The molecule has 0 bridgehead atoms. The lowest BCUT2D eigenvalue weighted by molar-refractivity contribution is 0.0952. The molecule has 1 N–H and O–H groups in total. The largest absolute Gasteiger partial charge is 0.352 e. The molecule has 0 aliphatic carbocycles. The number of hydrogen-bond donors (Lipinski definition) is 1. The average Bonchev–Trinajstić information content (AvgIpc) is 2.37. The van der Waals surface area contributed by atoms with Gasteiger partial charge in [0.25, 0.3) is 5.91 Å². The van der Waals surface area contributed by atoms with Crippen molar-refractivity contribution in [2.45, 2.75) is 13.3 Å². The second-order valence-electron chi connectivity index (χ2n) is 4.23. The molecule has 0 saturated heterocycles. The van der Waals surface area contributed by atoms with E-state index in [0.29, 0.717) is 36.2 Å². The third-order valence-corrected chi connectivity index (χ3v) is 4.53. The predicted octanol–water partition coefficient (Wildman–Crippen LogP) is 1.25. The monoisotopic (exact) mass is 363 g/mol. The van der Waals surface area contributed by atoms with E-state index in [1.165, 1.54) is 16.8 Å². The van der Waals surface area contributed by atoms with Gasteiger partial charge in [0, 0.05) is 25.8 Å². The van der Waals surface area contributed by atoms with Crippen LogP contribution in [0, 0.1) is 0 Å². The minimum absolute atomic E-state index is 0.215. The van der Waals surface area contributed by atoms with Crippen LogP contribution in [0.5, 0.6) is 0 Å². The number of halogens is 1. The number of aromatic nitrogens is 1. The topological polar surface area (TPSA) is 79.4 Å². The number of sulfonamides is 1. The lowest BCUT2D eigenvalue weighted by atomic mass is 10.2. The van der Waals surface area contributed by atoms with E-state index in [1.807, 2.05) is 0 Å². The summed E-state index contributed by atoms with van der Waals surface area (Å²) in [4.78, 5) is 15.7. The van der Waals surface area contributed by atoms with Crippen LogP contribution in [0.3, 0.4) is 0 Å². The Balaban J connectivity index is 2.37. The quantitative estimate of drug-likeness (QED) is 0.583. The van der Waals surface area contributed by atoms with Crippen molar-refractivity contribution in [3.63, 3.8) is 0 Å². The first kappa shape index (κ1) is 17.1. The zero-order valence-electron chi connectivity index (χ0n) is 11.5. The van der Waals surface area contributed by atoms with Crippen molar-refractivity contribution in [3.8, 4) is 0 Å². The second-order valence-corrected chi connectivity index (χ2v) is 7.03. The van der Waals surface area contributed by atoms with E-state index in [4.69, 9.17) is 0 Å². The van der Waals surface area contributed by atoms with E-state index in [2.05, 4.69) is 26.2 Å². The number of carbonyl (C=O) groups is 1. The Labute approximate surface area is 127 Å². The van der Waals surface area contributed by atoms with Gasteiger partial charge in [0.2, 0.25) is 10.0 Å². The van der Waals surface area contributed by atoms with E-state index in [-0.39, 0.29) is 5.91 Å². The maximum atomic E-state index is 11.8. The number of nitrogens with one attached hydrogen (secondary N) is 1. The predicted molar refractivity (Wildman–Crippen MR) is 81.0 cm³/mol. The average molecular weight is 364 g/mol. The molecule has 0 atom stereocenters. The van der Waals surface area contributed by atoms with E-state index in [9.17, 15) is 13.2 Å². The van der Waals surface area contributed by atoms with Crippen LogP contribution in [-0.2, 0) is 10.0 Å². The molecule has 0 aliphatic rings. The maximum Gasteiger partial charge on any atom is 0.252 e. The first-order valence-electron chi connectivity index (χ1n) is 6.19. The minimum Gasteiger partial charge on any atom is -0.352 e. The summed E-state index contributed by atoms with van der Waals surface area (Å²) in [7, 11) is -3.17. The van der Waals surface area contributed by atoms with Crippen LogP contribution >= 0.6 is 15.9 Å². The van der Waals surface area contributed by atoms with Gasteiger partial charge < -0.3 is 5.32 Å². The van der Waals surface area contributed by atoms with Gasteiger partial charge in [-0.25, -0.2) is 17.7 Å². The maximum absolute atomic E-state index is 11.8. The molecule has 0 saturated carbocycles. The highest BCUT2D eigenvalue weighted by atomic mass is 79.9. The SMILES string of the molecule is CCN(CCCNC(=O)c1ccc(Br)nc1)S(C)(=O)=O. The number of carbonyl (C=O) groups excluding carboxylic acids is 1. The van der Waals surface area contributed by atoms with Crippen molar-refractivity contribution in [1.82, 2.24) is 14.6 Å². The molecule has 20 heavy (non-hydrogen) atoms. The van der Waals surface area contributed by atoms with Crippen molar-refractivity contribution in [3.05, 3.63) is 28.5 Å². The highest BCUT2D eigenvalue weighted by Crippen LogP contribution is 2.06. The molecule has 0 aliphatic heterocycles. The summed E-state index contributed by atoms with van der Waals surface area (Å²) < 4.78 is 24.8. The Bertz CT molecular complexity index is 546. The Hall–Kier alpha value is -0.990. The van der Waals surface area contributed by atoms with Gasteiger partial charge in [0.05, 0.1) is 11.8 Å². The zero-order chi connectivity index (χ0) is 15.2. The summed E-state index contributed by atoms with van der Waals surface area (Å²) in [6.07, 6.45) is 3.23. The fraction of sp³-hybridized carbons (Fsp3) is 0.500. The molecule has 0 unspecified atom stereocenters. The third-order valence-electron chi connectivity index (χ3n) is 2.68. The minimum atomic E-state index is -3.17. The molecule has 0 aromatic carbocycles. The lowest BCUT2D eigenvalue weighted by Crippen LogP contribution is -2.33. The highest BCUT2D eigenvalue weighted by molar-refractivity contribution is 9.10. The van der Waals surface area contributed by atoms with Crippen LogP contribution in [0.25, 0.3) is 0 Å². The van der Waals surface area contributed by atoms with E-state index in [0.717, 1.165) is 0 Å². The van der Waals surface area contributed by atoms with Gasteiger partial charge in [-0.15, -0.1) is 0 Å². The molecule has 112 valence electrons. The van der Waals surface area contributed by atoms with Crippen LogP contribution in [0.2, 0.25) is 0 Å². The van der Waals surface area contributed by atoms with Gasteiger partial charge in [-0.2, -0.15) is 0 Å². The molecule has 0 fully saturated rings. The van der Waals surface area contributed by atoms with E-state index in [1.54, 1.807) is 19.1 Å². The molecule has 6 nitrogen and oxygen atoms in total. The number of pyridine rings is 1. The summed E-state index contributed by atoms with van der Waals surface area (Å²) in [6.45, 7) is 3.03. The van der Waals surface area contributed by atoms with Crippen molar-refractivity contribution in [2.24, 2.45) is 0 Å². The van der Waals surface area contributed by atoms with Gasteiger partial charge in [0.1, 0.15) is 4.60 Å².